The van der Waals surface area contributed by atoms with Gasteiger partial charge in [0.25, 0.3) is 0 Å². The molecule has 130 valence electrons. The summed E-state index contributed by atoms with van der Waals surface area (Å²) < 4.78 is 0. The molecule has 0 fully saturated rings. The molecule has 25 heavy (non-hydrogen) atoms. The van der Waals surface area contributed by atoms with Crippen LogP contribution in [0.3, 0.4) is 0 Å². The van der Waals surface area contributed by atoms with E-state index in [1.807, 2.05) is 13.0 Å². The maximum absolute atomic E-state index is 11.6. The van der Waals surface area contributed by atoms with Gasteiger partial charge in [0.15, 0.2) is 5.78 Å². The number of Topliss-reactive ketones (excluding diaryl/α,β-unsaturated/α-hetero) is 1. The van der Waals surface area contributed by atoms with Crippen LogP contribution >= 0.6 is 46.4 Å². The minimum atomic E-state index is 0.0472. The summed E-state index contributed by atoms with van der Waals surface area (Å²) in [6.07, 6.45) is 3.84. The van der Waals surface area contributed by atoms with Gasteiger partial charge in [-0.2, -0.15) is 0 Å². The summed E-state index contributed by atoms with van der Waals surface area (Å²) in [6.45, 7) is 4.01. The first-order chi connectivity index (χ1) is 11.8. The molecule has 1 atom stereocenters. The molecular formula is C20H16Cl4O. The van der Waals surface area contributed by atoms with Crippen molar-refractivity contribution in [1.82, 2.24) is 0 Å². The topological polar surface area (TPSA) is 17.1 Å². The summed E-state index contributed by atoms with van der Waals surface area (Å²) in [4.78, 5) is 11.6. The summed E-state index contributed by atoms with van der Waals surface area (Å²) in [5.41, 5.74) is 5.37. The Bertz CT molecular complexity index is 899. The summed E-state index contributed by atoms with van der Waals surface area (Å²) in [7, 11) is 0. The number of halogens is 4. The van der Waals surface area contributed by atoms with E-state index in [9.17, 15) is 4.79 Å². The molecule has 0 N–H and O–H groups in total. The number of ketones is 1. The Morgan fingerprint density at radius 3 is 2.20 bits per heavy atom. The monoisotopic (exact) mass is 412 g/mol. The highest BCUT2D eigenvalue weighted by Gasteiger charge is 2.28. The van der Waals surface area contributed by atoms with Gasteiger partial charge in [-0.1, -0.05) is 65.0 Å². The number of hydrogen-bond acceptors (Lipinski definition) is 1. The van der Waals surface area contributed by atoms with Crippen molar-refractivity contribution in [3.05, 3.63) is 72.2 Å². The van der Waals surface area contributed by atoms with Crippen molar-refractivity contribution in [3.8, 4) is 0 Å². The molecule has 2 aliphatic rings. The van der Waals surface area contributed by atoms with Gasteiger partial charge in [-0.15, -0.1) is 0 Å². The standard InChI is InChI=1S/C10H8Cl2O.C10H8Cl2/c1-5-2-7-8(10(5)13)3-6(11)4-9(7)12;1-6-2-7-4-8(11)5-10(12)9(7)3-6/h3-5H,2H2,1H3;2,4-5H,3H2,1H3. The van der Waals surface area contributed by atoms with Gasteiger partial charge in [0.2, 0.25) is 0 Å². The predicted molar refractivity (Wildman–Crippen MR) is 107 cm³/mol. The molecule has 0 aliphatic heterocycles. The Morgan fingerprint density at radius 2 is 1.52 bits per heavy atom. The Morgan fingerprint density at radius 1 is 0.920 bits per heavy atom. The van der Waals surface area contributed by atoms with E-state index in [-0.39, 0.29) is 11.7 Å². The van der Waals surface area contributed by atoms with E-state index in [4.69, 9.17) is 46.4 Å². The Labute approximate surface area is 167 Å². The van der Waals surface area contributed by atoms with Crippen molar-refractivity contribution in [2.75, 3.05) is 0 Å². The fourth-order valence-corrected chi connectivity index (χ4v) is 4.38. The van der Waals surface area contributed by atoms with Crippen LogP contribution in [0.2, 0.25) is 20.1 Å². The lowest BCUT2D eigenvalue weighted by atomic mass is 10.1. The van der Waals surface area contributed by atoms with E-state index in [1.54, 1.807) is 18.2 Å². The van der Waals surface area contributed by atoms with Crippen molar-refractivity contribution in [2.45, 2.75) is 26.7 Å². The zero-order chi connectivity index (χ0) is 18.3. The van der Waals surface area contributed by atoms with E-state index in [0.717, 1.165) is 23.4 Å². The second-order valence-electron chi connectivity index (χ2n) is 6.51. The average molecular weight is 414 g/mol. The van der Waals surface area contributed by atoms with Crippen molar-refractivity contribution in [2.24, 2.45) is 5.92 Å². The number of fused-ring (bicyclic) bond motifs is 2. The van der Waals surface area contributed by atoms with Crippen LogP contribution in [-0.4, -0.2) is 5.78 Å². The molecule has 2 aliphatic carbocycles. The van der Waals surface area contributed by atoms with Gasteiger partial charge < -0.3 is 0 Å². The number of allylic oxidation sites excluding steroid dienone is 1. The fraction of sp³-hybridized carbons (Fsp3) is 0.250. The van der Waals surface area contributed by atoms with Crippen LogP contribution in [0.15, 0.2) is 29.8 Å². The van der Waals surface area contributed by atoms with Crippen LogP contribution in [0, 0.1) is 5.92 Å². The summed E-state index contributed by atoms with van der Waals surface area (Å²) in [6, 6.07) is 7.15. The zero-order valence-electron chi connectivity index (χ0n) is 13.8. The number of hydrogen-bond donors (Lipinski definition) is 0. The molecule has 0 aromatic heterocycles. The molecule has 0 radical (unpaired) electrons. The molecule has 4 rings (SSSR count). The Kier molecular flexibility index (Phi) is 5.51. The van der Waals surface area contributed by atoms with E-state index in [1.165, 1.54) is 16.7 Å². The molecule has 1 nitrogen and oxygen atoms in total. The lowest BCUT2D eigenvalue weighted by Crippen LogP contribution is -2.02. The predicted octanol–water partition coefficient (Wildman–Crippen LogP) is 7.32. The fourth-order valence-electron chi connectivity index (χ4n) is 3.23. The highest BCUT2D eigenvalue weighted by molar-refractivity contribution is 6.36. The minimum absolute atomic E-state index is 0.0472. The molecule has 1 unspecified atom stereocenters. The lowest BCUT2D eigenvalue weighted by molar-refractivity contribution is 0.0946. The number of rotatable bonds is 0. The summed E-state index contributed by atoms with van der Waals surface area (Å²) >= 11 is 23.7. The van der Waals surface area contributed by atoms with Crippen molar-refractivity contribution in [3.63, 3.8) is 0 Å². The van der Waals surface area contributed by atoms with Crippen LogP contribution in [0.1, 0.15) is 40.9 Å². The second-order valence-corrected chi connectivity index (χ2v) is 8.19. The first-order valence-corrected chi connectivity index (χ1v) is 9.44. The van der Waals surface area contributed by atoms with Crippen LogP contribution in [0.4, 0.5) is 0 Å². The first kappa shape index (κ1) is 18.8. The molecule has 2 aromatic carbocycles. The Hall–Kier alpha value is -0.990. The number of benzene rings is 2. The SMILES string of the molecule is CC1=Cc2cc(Cl)cc(Cl)c2C1.CC1Cc2c(Cl)cc(Cl)cc2C1=O. The molecule has 0 saturated heterocycles. The van der Waals surface area contributed by atoms with Gasteiger partial charge in [-0.3, -0.25) is 4.79 Å². The molecule has 0 spiro atoms. The lowest BCUT2D eigenvalue weighted by Gasteiger charge is -2.01. The maximum Gasteiger partial charge on any atom is 0.166 e. The van der Waals surface area contributed by atoms with Gasteiger partial charge in [-0.05, 0) is 60.7 Å². The molecule has 0 bridgehead atoms. The van der Waals surface area contributed by atoms with Gasteiger partial charge in [0, 0.05) is 31.6 Å². The van der Waals surface area contributed by atoms with Crippen LogP contribution in [0.25, 0.3) is 6.08 Å². The molecule has 0 heterocycles. The third-order valence-corrected chi connectivity index (χ3v) is 5.55. The van der Waals surface area contributed by atoms with E-state index in [2.05, 4.69) is 13.0 Å². The highest BCUT2D eigenvalue weighted by atomic mass is 35.5. The minimum Gasteiger partial charge on any atom is -0.294 e. The number of carbonyl (C=O) groups is 1. The van der Waals surface area contributed by atoms with Crippen molar-refractivity contribution >= 4 is 58.3 Å². The third-order valence-electron chi connectivity index (χ3n) is 4.44. The molecular weight excluding hydrogens is 398 g/mol. The largest absolute Gasteiger partial charge is 0.294 e. The first-order valence-electron chi connectivity index (χ1n) is 7.93. The normalized spacial score (nSPS) is 17.6. The van der Waals surface area contributed by atoms with E-state index in [0.29, 0.717) is 20.6 Å². The van der Waals surface area contributed by atoms with Crippen molar-refractivity contribution in [1.29, 1.82) is 0 Å². The molecule has 0 saturated carbocycles. The summed E-state index contributed by atoms with van der Waals surface area (Å²) in [5, 5.41) is 2.64. The van der Waals surface area contributed by atoms with Crippen molar-refractivity contribution < 1.29 is 4.79 Å². The molecule has 5 heteroatoms. The van der Waals surface area contributed by atoms with Gasteiger partial charge >= 0.3 is 0 Å². The average Bonchev–Trinajstić information content (AvgIpc) is 3.02. The van der Waals surface area contributed by atoms with E-state index < -0.39 is 0 Å². The van der Waals surface area contributed by atoms with E-state index >= 15 is 0 Å². The molecule has 0 amide bonds. The van der Waals surface area contributed by atoms with Gasteiger partial charge in [-0.25, -0.2) is 0 Å². The molecule has 2 aromatic rings. The number of carbonyl (C=O) groups excluding carboxylic acids is 1. The van der Waals surface area contributed by atoms with Gasteiger partial charge in [0.05, 0.1) is 0 Å². The maximum atomic E-state index is 11.6. The Balaban J connectivity index is 0.000000146. The quantitative estimate of drug-likeness (QED) is 0.442. The second kappa shape index (κ2) is 7.32. The van der Waals surface area contributed by atoms with Gasteiger partial charge in [0.1, 0.15) is 0 Å². The highest BCUT2D eigenvalue weighted by Crippen LogP contribution is 2.35. The smallest absolute Gasteiger partial charge is 0.166 e. The van der Waals surface area contributed by atoms with Crippen LogP contribution < -0.4 is 0 Å². The zero-order valence-corrected chi connectivity index (χ0v) is 16.8. The third kappa shape index (κ3) is 3.90. The van der Waals surface area contributed by atoms with Crippen LogP contribution in [-0.2, 0) is 12.8 Å². The summed E-state index contributed by atoms with van der Waals surface area (Å²) in [5.74, 6) is 0.199. The van der Waals surface area contributed by atoms with Crippen LogP contribution in [0.5, 0.6) is 0 Å².